The molecule has 0 aliphatic carbocycles. The van der Waals surface area contributed by atoms with Crippen molar-refractivity contribution in [3.8, 4) is 17.1 Å². The largest absolute Gasteiger partial charge is 0.463 e. The van der Waals surface area contributed by atoms with Crippen molar-refractivity contribution in [1.29, 1.82) is 0 Å². The zero-order valence-electron chi connectivity index (χ0n) is 10.4. The molecule has 0 atom stereocenters. The number of furan rings is 1. The molecular formula is C14H13N3O2. The minimum atomic E-state index is -0.179. The van der Waals surface area contributed by atoms with Gasteiger partial charge in [0.25, 0.3) is 0 Å². The smallest absolute Gasteiger partial charge is 0.154 e. The fourth-order valence-corrected chi connectivity index (χ4v) is 2.02. The van der Waals surface area contributed by atoms with Crippen LogP contribution < -0.4 is 0 Å². The molecule has 0 radical (unpaired) electrons. The summed E-state index contributed by atoms with van der Waals surface area (Å²) >= 11 is 0. The van der Waals surface area contributed by atoms with Crippen LogP contribution in [0.3, 0.4) is 0 Å². The maximum atomic E-state index is 9.37. The molecule has 19 heavy (non-hydrogen) atoms. The predicted molar refractivity (Wildman–Crippen MR) is 69.7 cm³/mol. The van der Waals surface area contributed by atoms with Crippen molar-refractivity contribution in [3.05, 3.63) is 53.9 Å². The van der Waals surface area contributed by atoms with E-state index < -0.39 is 0 Å². The molecule has 2 heterocycles. The topological polar surface area (TPSA) is 64.1 Å². The van der Waals surface area contributed by atoms with Gasteiger partial charge in [-0.25, -0.2) is 4.68 Å². The molecule has 96 valence electrons. The fourth-order valence-electron chi connectivity index (χ4n) is 2.02. The Balaban J connectivity index is 2.20. The van der Waals surface area contributed by atoms with Crippen LogP contribution in [0.5, 0.6) is 0 Å². The molecule has 0 saturated carbocycles. The molecule has 2 aromatic heterocycles. The first-order chi connectivity index (χ1) is 9.29. The van der Waals surface area contributed by atoms with Crippen LogP contribution in [0, 0.1) is 6.92 Å². The van der Waals surface area contributed by atoms with E-state index in [1.165, 1.54) is 0 Å². The highest BCUT2D eigenvalue weighted by atomic mass is 16.3. The summed E-state index contributed by atoms with van der Waals surface area (Å²) in [6.07, 6.45) is 1.59. The Bertz CT molecular complexity index is 687. The third kappa shape index (κ3) is 2.04. The molecule has 1 aromatic carbocycles. The number of aryl methyl sites for hydroxylation is 1. The minimum absolute atomic E-state index is 0.179. The van der Waals surface area contributed by atoms with Crippen molar-refractivity contribution >= 4 is 0 Å². The van der Waals surface area contributed by atoms with Crippen LogP contribution >= 0.6 is 0 Å². The van der Waals surface area contributed by atoms with Gasteiger partial charge < -0.3 is 9.52 Å². The monoisotopic (exact) mass is 255 g/mol. The molecule has 5 heteroatoms. The molecule has 0 aliphatic heterocycles. The van der Waals surface area contributed by atoms with E-state index in [1.54, 1.807) is 17.0 Å². The zero-order valence-corrected chi connectivity index (χ0v) is 10.4. The van der Waals surface area contributed by atoms with Crippen molar-refractivity contribution in [3.63, 3.8) is 0 Å². The van der Waals surface area contributed by atoms with E-state index in [2.05, 4.69) is 10.3 Å². The number of aliphatic hydroxyl groups excluding tert-OH is 1. The minimum Gasteiger partial charge on any atom is -0.463 e. The molecule has 0 spiro atoms. The van der Waals surface area contributed by atoms with Gasteiger partial charge in [-0.3, -0.25) is 0 Å². The first-order valence-corrected chi connectivity index (χ1v) is 5.96. The molecule has 0 unspecified atom stereocenters. The average molecular weight is 255 g/mol. The first kappa shape index (κ1) is 11.7. The van der Waals surface area contributed by atoms with Crippen molar-refractivity contribution in [1.82, 2.24) is 15.0 Å². The highest BCUT2D eigenvalue weighted by molar-refractivity contribution is 5.58. The molecule has 5 nitrogen and oxygen atoms in total. The molecule has 0 amide bonds. The molecule has 1 N–H and O–H groups in total. The van der Waals surface area contributed by atoms with Crippen LogP contribution in [-0.4, -0.2) is 20.1 Å². The molecule has 0 fully saturated rings. The second-order valence-electron chi connectivity index (χ2n) is 4.27. The molecule has 0 saturated heterocycles. The number of aliphatic hydroxyl groups is 1. The summed E-state index contributed by atoms with van der Waals surface area (Å²) in [6, 6.07) is 11.5. The van der Waals surface area contributed by atoms with Gasteiger partial charge in [0, 0.05) is 0 Å². The highest BCUT2D eigenvalue weighted by Crippen LogP contribution is 2.25. The van der Waals surface area contributed by atoms with E-state index in [0.717, 1.165) is 11.3 Å². The molecule has 3 rings (SSSR count). The Kier molecular flexibility index (Phi) is 2.89. The number of rotatable bonds is 3. The molecule has 0 aliphatic rings. The second kappa shape index (κ2) is 4.70. The zero-order chi connectivity index (χ0) is 13.2. The standard InChI is InChI=1S/C14H13N3O2/c1-10-4-2-5-11(8-10)17-14(12(9-18)15-16-17)13-6-3-7-19-13/h2-8,18H,9H2,1H3. The maximum Gasteiger partial charge on any atom is 0.154 e. The number of hydrogen-bond donors (Lipinski definition) is 1. The van der Waals surface area contributed by atoms with Gasteiger partial charge in [-0.05, 0) is 36.8 Å². The van der Waals surface area contributed by atoms with Gasteiger partial charge in [-0.15, -0.1) is 5.10 Å². The van der Waals surface area contributed by atoms with Crippen LogP contribution in [0.15, 0.2) is 47.1 Å². The SMILES string of the molecule is Cc1cccc(-n2nnc(CO)c2-c2ccco2)c1. The Morgan fingerprint density at radius 2 is 2.16 bits per heavy atom. The van der Waals surface area contributed by atoms with Gasteiger partial charge in [0.05, 0.1) is 18.6 Å². The van der Waals surface area contributed by atoms with Gasteiger partial charge in [-0.2, -0.15) is 0 Å². The second-order valence-corrected chi connectivity index (χ2v) is 4.27. The van der Waals surface area contributed by atoms with Crippen LogP contribution in [0.4, 0.5) is 0 Å². The summed E-state index contributed by atoms with van der Waals surface area (Å²) in [5.41, 5.74) is 3.19. The average Bonchev–Trinajstić information content (AvgIpc) is 3.07. The van der Waals surface area contributed by atoms with Crippen molar-refractivity contribution < 1.29 is 9.52 Å². The van der Waals surface area contributed by atoms with E-state index in [1.807, 2.05) is 37.3 Å². The Labute approximate surface area is 110 Å². The normalized spacial score (nSPS) is 10.8. The Hall–Kier alpha value is -2.40. The lowest BCUT2D eigenvalue weighted by atomic mass is 10.2. The highest BCUT2D eigenvalue weighted by Gasteiger charge is 2.17. The van der Waals surface area contributed by atoms with Crippen LogP contribution in [-0.2, 0) is 6.61 Å². The summed E-state index contributed by atoms with van der Waals surface area (Å²) in [7, 11) is 0. The van der Waals surface area contributed by atoms with E-state index >= 15 is 0 Å². The summed E-state index contributed by atoms with van der Waals surface area (Å²) in [6.45, 7) is 1.84. The summed E-state index contributed by atoms with van der Waals surface area (Å²) in [4.78, 5) is 0. The number of aromatic nitrogens is 3. The van der Waals surface area contributed by atoms with Crippen molar-refractivity contribution in [2.45, 2.75) is 13.5 Å². The van der Waals surface area contributed by atoms with Gasteiger partial charge >= 0.3 is 0 Å². The van der Waals surface area contributed by atoms with E-state index in [4.69, 9.17) is 4.42 Å². The maximum absolute atomic E-state index is 9.37. The van der Waals surface area contributed by atoms with Gasteiger partial charge in [-0.1, -0.05) is 17.3 Å². The first-order valence-electron chi connectivity index (χ1n) is 5.96. The summed E-state index contributed by atoms with van der Waals surface area (Å²) in [5, 5.41) is 17.5. The van der Waals surface area contributed by atoms with Gasteiger partial charge in [0.15, 0.2) is 5.76 Å². The summed E-state index contributed by atoms with van der Waals surface area (Å²) in [5.74, 6) is 0.635. The lowest BCUT2D eigenvalue weighted by Crippen LogP contribution is -2.00. The predicted octanol–water partition coefficient (Wildman–Crippen LogP) is 2.33. The number of benzene rings is 1. The van der Waals surface area contributed by atoms with Crippen molar-refractivity contribution in [2.75, 3.05) is 0 Å². The van der Waals surface area contributed by atoms with E-state index in [0.29, 0.717) is 17.1 Å². The Morgan fingerprint density at radius 3 is 2.84 bits per heavy atom. The lowest BCUT2D eigenvalue weighted by molar-refractivity contribution is 0.277. The molecular weight excluding hydrogens is 242 g/mol. The van der Waals surface area contributed by atoms with Crippen LogP contribution in [0.1, 0.15) is 11.3 Å². The molecule has 0 bridgehead atoms. The van der Waals surface area contributed by atoms with E-state index in [-0.39, 0.29) is 6.61 Å². The van der Waals surface area contributed by atoms with Crippen molar-refractivity contribution in [2.24, 2.45) is 0 Å². The summed E-state index contributed by atoms with van der Waals surface area (Å²) < 4.78 is 7.08. The number of nitrogens with zero attached hydrogens (tertiary/aromatic N) is 3. The lowest BCUT2D eigenvalue weighted by Gasteiger charge is -2.06. The van der Waals surface area contributed by atoms with Gasteiger partial charge in [0.2, 0.25) is 0 Å². The third-order valence-corrected chi connectivity index (χ3v) is 2.89. The fraction of sp³-hybridized carbons (Fsp3) is 0.143. The van der Waals surface area contributed by atoms with Crippen LogP contribution in [0.2, 0.25) is 0 Å². The van der Waals surface area contributed by atoms with Crippen LogP contribution in [0.25, 0.3) is 17.1 Å². The van der Waals surface area contributed by atoms with Gasteiger partial charge in [0.1, 0.15) is 11.4 Å². The molecule has 3 aromatic rings. The quantitative estimate of drug-likeness (QED) is 0.780. The van der Waals surface area contributed by atoms with E-state index in [9.17, 15) is 5.11 Å². The number of hydrogen-bond acceptors (Lipinski definition) is 4. The Morgan fingerprint density at radius 1 is 1.26 bits per heavy atom. The third-order valence-electron chi connectivity index (χ3n) is 2.89.